The molecule has 8 heteroatoms. The van der Waals surface area contributed by atoms with Crippen molar-refractivity contribution in [2.24, 2.45) is 0 Å². The number of carbonyl (C=O) groups is 1. The molecule has 0 bridgehead atoms. The van der Waals surface area contributed by atoms with Crippen LogP contribution in [0.5, 0.6) is 0 Å². The molecule has 6 nitrogen and oxygen atoms in total. The maximum Gasteiger partial charge on any atom is 0.255 e. The molecule has 1 aromatic carbocycles. The Kier molecular flexibility index (Phi) is 5.24. The van der Waals surface area contributed by atoms with Crippen molar-refractivity contribution in [3.8, 4) is 22.3 Å². The van der Waals surface area contributed by atoms with Gasteiger partial charge < -0.3 is 15.0 Å². The highest BCUT2D eigenvalue weighted by molar-refractivity contribution is 6.39. The second-order valence-electron chi connectivity index (χ2n) is 7.03. The van der Waals surface area contributed by atoms with Gasteiger partial charge in [-0.05, 0) is 12.1 Å². The molecule has 0 fully saturated rings. The second-order valence-corrected chi connectivity index (χ2v) is 7.41. The Morgan fingerprint density at radius 3 is 2.67 bits per heavy atom. The minimum atomic E-state index is -1.34. The number of amides is 1. The molecule has 152 valence electrons. The highest BCUT2D eigenvalue weighted by Crippen LogP contribution is 2.39. The molecule has 0 saturated heterocycles. The molecule has 1 atom stereocenters. The van der Waals surface area contributed by atoms with E-state index in [1.54, 1.807) is 57.0 Å². The number of nitrogens with one attached hydrogen (secondary N) is 1. The van der Waals surface area contributed by atoms with Crippen molar-refractivity contribution >= 4 is 28.5 Å². The molecule has 30 heavy (non-hydrogen) atoms. The van der Waals surface area contributed by atoms with Gasteiger partial charge in [0.05, 0.1) is 5.02 Å². The quantitative estimate of drug-likeness (QED) is 0.514. The summed E-state index contributed by atoms with van der Waals surface area (Å²) in [4.78, 5) is 25.0. The third-order valence-corrected chi connectivity index (χ3v) is 5.26. The molecular formula is C22H18ClFN4O2. The average Bonchev–Trinajstić information content (AvgIpc) is 3.18. The number of rotatable bonds is 4. The van der Waals surface area contributed by atoms with Crippen LogP contribution in [0.15, 0.2) is 55.1 Å². The van der Waals surface area contributed by atoms with Crippen LogP contribution in [0, 0.1) is 5.82 Å². The lowest BCUT2D eigenvalue weighted by Crippen LogP contribution is -2.28. The third-order valence-electron chi connectivity index (χ3n) is 4.86. The first-order valence-corrected chi connectivity index (χ1v) is 9.51. The van der Waals surface area contributed by atoms with Crippen LogP contribution in [0.2, 0.25) is 5.02 Å². The minimum Gasteiger partial charge on any atom is -0.378 e. The fourth-order valence-corrected chi connectivity index (χ4v) is 3.64. The van der Waals surface area contributed by atoms with Gasteiger partial charge >= 0.3 is 0 Å². The first-order chi connectivity index (χ1) is 14.4. The van der Waals surface area contributed by atoms with E-state index in [9.17, 15) is 14.3 Å². The van der Waals surface area contributed by atoms with Crippen molar-refractivity contribution in [3.05, 3.63) is 71.5 Å². The molecular weight excluding hydrogens is 407 g/mol. The van der Waals surface area contributed by atoms with Crippen LogP contribution < -0.4 is 0 Å². The van der Waals surface area contributed by atoms with Gasteiger partial charge in [0.2, 0.25) is 0 Å². The molecule has 2 N–H and O–H groups in total. The van der Waals surface area contributed by atoms with E-state index in [1.807, 2.05) is 0 Å². The maximum absolute atomic E-state index is 14.4. The SMILES string of the molecule is CN(C)C(=O)C(O)c1cncc(-c2cnc3[nH]cc(-c4ccccc4F)c3c2Cl)c1. The lowest BCUT2D eigenvalue weighted by molar-refractivity contribution is -0.137. The maximum atomic E-state index is 14.4. The summed E-state index contributed by atoms with van der Waals surface area (Å²) < 4.78 is 14.4. The van der Waals surface area contributed by atoms with E-state index in [4.69, 9.17) is 11.6 Å². The summed E-state index contributed by atoms with van der Waals surface area (Å²) in [6.07, 6.45) is 4.90. The highest BCUT2D eigenvalue weighted by atomic mass is 35.5. The van der Waals surface area contributed by atoms with Gasteiger partial charge in [-0.3, -0.25) is 9.78 Å². The molecule has 1 amide bonds. The zero-order chi connectivity index (χ0) is 21.4. The minimum absolute atomic E-state index is 0.339. The molecule has 3 aromatic heterocycles. The van der Waals surface area contributed by atoms with Crippen LogP contribution in [0.25, 0.3) is 33.3 Å². The van der Waals surface area contributed by atoms with Gasteiger partial charge in [0.1, 0.15) is 11.5 Å². The molecule has 0 radical (unpaired) electrons. The number of fused-ring (bicyclic) bond motifs is 1. The summed E-state index contributed by atoms with van der Waals surface area (Å²) in [6.45, 7) is 0. The van der Waals surface area contributed by atoms with Crippen molar-refractivity contribution in [2.45, 2.75) is 6.10 Å². The number of likely N-dealkylation sites (N-methyl/N-ethyl adjacent to an activating group) is 1. The summed E-state index contributed by atoms with van der Waals surface area (Å²) in [5.41, 5.74) is 3.00. The topological polar surface area (TPSA) is 82.1 Å². The summed E-state index contributed by atoms with van der Waals surface area (Å²) in [5.74, 6) is -0.824. The second kappa shape index (κ2) is 7.85. The van der Waals surface area contributed by atoms with Gasteiger partial charge in [0.15, 0.2) is 6.10 Å². The first-order valence-electron chi connectivity index (χ1n) is 9.13. The zero-order valence-electron chi connectivity index (χ0n) is 16.2. The molecule has 0 aliphatic rings. The molecule has 0 aliphatic heterocycles. The normalized spacial score (nSPS) is 12.2. The van der Waals surface area contributed by atoms with E-state index >= 15 is 0 Å². The van der Waals surface area contributed by atoms with Crippen LogP contribution in [-0.2, 0) is 4.79 Å². The number of halogens is 2. The smallest absolute Gasteiger partial charge is 0.255 e. The summed E-state index contributed by atoms with van der Waals surface area (Å²) in [6, 6.07) is 8.07. The number of aliphatic hydroxyl groups excluding tert-OH is 1. The van der Waals surface area contributed by atoms with Gasteiger partial charge in [0, 0.05) is 72.1 Å². The standard InChI is InChI=1S/C22H18ClFN4O2/c1-28(2)22(30)20(29)13-7-12(8-25-9-13)15-10-26-21-18(19(15)23)16(11-27-21)14-5-3-4-6-17(14)24/h3-11,20,29H,1-2H3,(H,26,27). The third kappa shape index (κ3) is 3.42. The number of benzene rings is 1. The van der Waals surface area contributed by atoms with E-state index < -0.39 is 12.0 Å². The van der Waals surface area contributed by atoms with E-state index in [2.05, 4.69) is 15.0 Å². The van der Waals surface area contributed by atoms with Crippen molar-refractivity contribution in [3.63, 3.8) is 0 Å². The number of hydrogen-bond donors (Lipinski definition) is 2. The average molecular weight is 425 g/mol. The molecule has 3 heterocycles. The van der Waals surface area contributed by atoms with Gasteiger partial charge in [0.25, 0.3) is 5.91 Å². The largest absolute Gasteiger partial charge is 0.378 e. The number of pyridine rings is 2. The number of aliphatic hydroxyl groups is 1. The fourth-order valence-electron chi connectivity index (χ4n) is 3.29. The fraction of sp³-hybridized carbons (Fsp3) is 0.136. The molecule has 4 rings (SSSR count). The Bertz CT molecular complexity index is 1260. The van der Waals surface area contributed by atoms with Crippen LogP contribution in [0.3, 0.4) is 0 Å². The number of nitrogens with zero attached hydrogens (tertiary/aromatic N) is 3. The van der Waals surface area contributed by atoms with E-state index in [0.29, 0.717) is 43.9 Å². The van der Waals surface area contributed by atoms with E-state index in [0.717, 1.165) is 0 Å². The number of hydrogen-bond acceptors (Lipinski definition) is 4. The predicted octanol–water partition coefficient (Wildman–Crippen LogP) is 4.21. The monoisotopic (exact) mass is 424 g/mol. The number of carbonyl (C=O) groups excluding carboxylic acids is 1. The van der Waals surface area contributed by atoms with Gasteiger partial charge in [-0.15, -0.1) is 0 Å². The van der Waals surface area contributed by atoms with Crippen molar-refractivity contribution in [2.75, 3.05) is 14.1 Å². The number of aromatic amines is 1. The van der Waals surface area contributed by atoms with Crippen molar-refractivity contribution < 1.29 is 14.3 Å². The summed E-state index contributed by atoms with van der Waals surface area (Å²) in [5, 5.41) is 11.3. The van der Waals surface area contributed by atoms with Crippen molar-refractivity contribution in [1.82, 2.24) is 19.9 Å². The Labute approximate surface area is 177 Å². The predicted molar refractivity (Wildman–Crippen MR) is 113 cm³/mol. The van der Waals surface area contributed by atoms with E-state index in [1.165, 1.54) is 17.2 Å². The van der Waals surface area contributed by atoms with Crippen LogP contribution in [-0.4, -0.2) is 45.0 Å². The van der Waals surface area contributed by atoms with Gasteiger partial charge in [-0.25, -0.2) is 9.37 Å². The lowest BCUT2D eigenvalue weighted by atomic mass is 10.0. The zero-order valence-corrected chi connectivity index (χ0v) is 17.0. The van der Waals surface area contributed by atoms with Crippen molar-refractivity contribution in [1.29, 1.82) is 0 Å². The molecule has 0 saturated carbocycles. The van der Waals surface area contributed by atoms with Crippen LogP contribution in [0.4, 0.5) is 4.39 Å². The van der Waals surface area contributed by atoms with Gasteiger partial charge in [-0.1, -0.05) is 29.8 Å². The summed E-state index contributed by atoms with van der Waals surface area (Å²) in [7, 11) is 3.13. The lowest BCUT2D eigenvalue weighted by Gasteiger charge is -2.16. The molecule has 0 aliphatic carbocycles. The Balaban J connectivity index is 1.84. The van der Waals surface area contributed by atoms with E-state index in [-0.39, 0.29) is 5.82 Å². The van der Waals surface area contributed by atoms with Crippen LogP contribution >= 0.6 is 11.6 Å². The van der Waals surface area contributed by atoms with Crippen LogP contribution in [0.1, 0.15) is 11.7 Å². The Morgan fingerprint density at radius 1 is 1.17 bits per heavy atom. The highest BCUT2D eigenvalue weighted by Gasteiger charge is 2.21. The summed E-state index contributed by atoms with van der Waals surface area (Å²) >= 11 is 6.72. The Hall–Kier alpha value is -3.29. The molecule has 1 unspecified atom stereocenters. The number of H-pyrrole nitrogens is 1. The molecule has 4 aromatic rings. The first kappa shape index (κ1) is 20.0. The van der Waals surface area contributed by atoms with Gasteiger partial charge in [-0.2, -0.15) is 0 Å². The molecule has 0 spiro atoms. The number of aromatic nitrogens is 3. The Morgan fingerprint density at radius 2 is 1.93 bits per heavy atom.